The Labute approximate surface area is 163 Å². The average Bonchev–Trinajstić information content (AvgIpc) is 3.03. The van der Waals surface area contributed by atoms with Crippen molar-refractivity contribution in [2.75, 3.05) is 6.61 Å². The summed E-state index contributed by atoms with van der Waals surface area (Å²) in [6, 6.07) is 7.16. The second kappa shape index (κ2) is 8.57. The molecule has 1 aliphatic carbocycles. The Morgan fingerprint density at radius 3 is 2.78 bits per heavy atom. The minimum absolute atomic E-state index is 0.140. The van der Waals surface area contributed by atoms with Gasteiger partial charge in [-0.05, 0) is 31.7 Å². The number of hydrogen-bond donors (Lipinski definition) is 1. The number of rotatable bonds is 5. The van der Waals surface area contributed by atoms with Crippen molar-refractivity contribution in [2.24, 2.45) is 5.92 Å². The number of carbonyl (C=O) groups is 2. The number of esters is 1. The second-order valence-electron chi connectivity index (χ2n) is 6.95. The lowest BCUT2D eigenvalue weighted by atomic mass is 9.86. The first-order chi connectivity index (χ1) is 13.0. The molecule has 1 aromatic carbocycles. The van der Waals surface area contributed by atoms with Crippen LogP contribution in [0.3, 0.4) is 0 Å². The third-order valence-corrected chi connectivity index (χ3v) is 5.32. The Morgan fingerprint density at radius 1 is 1.30 bits per heavy atom. The first-order valence-corrected chi connectivity index (χ1v) is 9.53. The highest BCUT2D eigenvalue weighted by Crippen LogP contribution is 2.31. The first kappa shape index (κ1) is 19.4. The van der Waals surface area contributed by atoms with Crippen LogP contribution >= 0.6 is 11.6 Å². The fourth-order valence-corrected chi connectivity index (χ4v) is 3.66. The van der Waals surface area contributed by atoms with Crippen LogP contribution in [-0.2, 0) is 9.53 Å². The Kier molecular flexibility index (Phi) is 6.16. The summed E-state index contributed by atoms with van der Waals surface area (Å²) in [4.78, 5) is 24.7. The molecule has 2 atom stereocenters. The maximum absolute atomic E-state index is 12.5. The molecule has 3 rings (SSSR count). The molecular weight excluding hydrogens is 368 g/mol. The van der Waals surface area contributed by atoms with Crippen LogP contribution in [0.15, 0.2) is 28.8 Å². The van der Waals surface area contributed by atoms with E-state index in [-0.39, 0.29) is 24.1 Å². The topological polar surface area (TPSA) is 81.4 Å². The van der Waals surface area contributed by atoms with Gasteiger partial charge in [0.1, 0.15) is 17.0 Å². The summed E-state index contributed by atoms with van der Waals surface area (Å²) in [7, 11) is 0. The van der Waals surface area contributed by atoms with Crippen LogP contribution in [0.1, 0.15) is 48.7 Å². The molecule has 1 saturated carbocycles. The SMILES string of the molecule is Cc1onc(-c2ccccc2Cl)c1C(=O)OCC(=O)N[C@H]1CCCC[C@@H]1C. The molecule has 0 saturated heterocycles. The number of hydrogen-bond acceptors (Lipinski definition) is 5. The number of nitrogens with one attached hydrogen (secondary N) is 1. The molecule has 0 radical (unpaired) electrons. The zero-order chi connectivity index (χ0) is 19.4. The highest BCUT2D eigenvalue weighted by Gasteiger charge is 2.26. The van der Waals surface area contributed by atoms with Gasteiger partial charge in [-0.25, -0.2) is 4.79 Å². The molecule has 144 valence electrons. The lowest BCUT2D eigenvalue weighted by molar-refractivity contribution is -0.125. The molecule has 7 heteroatoms. The predicted molar refractivity (Wildman–Crippen MR) is 102 cm³/mol. The number of carbonyl (C=O) groups excluding carboxylic acids is 2. The molecule has 2 aromatic rings. The van der Waals surface area contributed by atoms with Gasteiger partial charge in [0.25, 0.3) is 5.91 Å². The number of benzene rings is 1. The summed E-state index contributed by atoms with van der Waals surface area (Å²) in [5.74, 6) is -0.201. The third kappa shape index (κ3) is 4.50. The van der Waals surface area contributed by atoms with Crippen LogP contribution in [0.5, 0.6) is 0 Å². The van der Waals surface area contributed by atoms with E-state index in [9.17, 15) is 9.59 Å². The van der Waals surface area contributed by atoms with Crippen molar-refractivity contribution in [3.63, 3.8) is 0 Å². The summed E-state index contributed by atoms with van der Waals surface area (Å²) in [5.41, 5.74) is 1.06. The summed E-state index contributed by atoms with van der Waals surface area (Å²) in [5, 5.41) is 7.35. The Hall–Kier alpha value is -2.34. The van der Waals surface area contributed by atoms with Crippen molar-refractivity contribution in [2.45, 2.75) is 45.6 Å². The zero-order valence-corrected chi connectivity index (χ0v) is 16.2. The van der Waals surface area contributed by atoms with E-state index in [1.165, 1.54) is 6.42 Å². The summed E-state index contributed by atoms with van der Waals surface area (Å²) in [6.45, 7) is 3.41. The Bertz CT molecular complexity index is 833. The van der Waals surface area contributed by atoms with E-state index in [0.29, 0.717) is 28.0 Å². The van der Waals surface area contributed by atoms with Gasteiger partial charge in [0.2, 0.25) is 0 Å². The second-order valence-corrected chi connectivity index (χ2v) is 7.36. The van der Waals surface area contributed by atoms with E-state index in [0.717, 1.165) is 19.3 Å². The number of amides is 1. The molecule has 6 nitrogen and oxygen atoms in total. The van der Waals surface area contributed by atoms with Gasteiger partial charge >= 0.3 is 5.97 Å². The van der Waals surface area contributed by atoms with Crippen LogP contribution < -0.4 is 5.32 Å². The van der Waals surface area contributed by atoms with Crippen molar-refractivity contribution < 1.29 is 18.8 Å². The lowest BCUT2D eigenvalue weighted by Crippen LogP contribution is -2.42. The minimum atomic E-state index is -0.657. The average molecular weight is 391 g/mol. The molecule has 1 aliphatic rings. The maximum Gasteiger partial charge on any atom is 0.344 e. The van der Waals surface area contributed by atoms with E-state index in [4.69, 9.17) is 20.9 Å². The quantitative estimate of drug-likeness (QED) is 0.775. The normalized spacial score (nSPS) is 19.5. The Morgan fingerprint density at radius 2 is 2.04 bits per heavy atom. The van der Waals surface area contributed by atoms with E-state index >= 15 is 0 Å². The number of ether oxygens (including phenoxy) is 1. The monoisotopic (exact) mass is 390 g/mol. The van der Waals surface area contributed by atoms with Crippen molar-refractivity contribution >= 4 is 23.5 Å². The molecule has 0 aliphatic heterocycles. The van der Waals surface area contributed by atoms with Crippen LogP contribution in [0.2, 0.25) is 5.02 Å². The lowest BCUT2D eigenvalue weighted by Gasteiger charge is -2.29. The number of aryl methyl sites for hydroxylation is 1. The van der Waals surface area contributed by atoms with Gasteiger partial charge in [-0.2, -0.15) is 0 Å². The Balaban J connectivity index is 1.66. The van der Waals surface area contributed by atoms with Crippen LogP contribution in [0.25, 0.3) is 11.3 Å². The molecule has 1 N–H and O–H groups in total. The van der Waals surface area contributed by atoms with Gasteiger partial charge in [-0.3, -0.25) is 4.79 Å². The van der Waals surface area contributed by atoms with E-state index in [2.05, 4.69) is 17.4 Å². The van der Waals surface area contributed by atoms with Crippen molar-refractivity contribution in [1.82, 2.24) is 10.5 Å². The molecule has 1 aromatic heterocycles. The van der Waals surface area contributed by atoms with Crippen LogP contribution in [-0.4, -0.2) is 29.7 Å². The largest absolute Gasteiger partial charge is 0.452 e. The predicted octanol–water partition coefficient (Wildman–Crippen LogP) is 4.16. The fraction of sp³-hybridized carbons (Fsp3) is 0.450. The van der Waals surface area contributed by atoms with E-state index in [1.54, 1.807) is 31.2 Å². The number of halogens is 1. The van der Waals surface area contributed by atoms with Gasteiger partial charge in [0, 0.05) is 11.6 Å². The van der Waals surface area contributed by atoms with Gasteiger partial charge in [0.15, 0.2) is 6.61 Å². The van der Waals surface area contributed by atoms with Crippen molar-refractivity contribution in [1.29, 1.82) is 0 Å². The van der Waals surface area contributed by atoms with Crippen LogP contribution in [0, 0.1) is 12.8 Å². The number of nitrogens with zero attached hydrogens (tertiary/aromatic N) is 1. The van der Waals surface area contributed by atoms with Crippen LogP contribution in [0.4, 0.5) is 0 Å². The maximum atomic E-state index is 12.5. The highest BCUT2D eigenvalue weighted by atomic mass is 35.5. The molecule has 1 heterocycles. The molecule has 0 bridgehead atoms. The summed E-state index contributed by atoms with van der Waals surface area (Å²) in [6.07, 6.45) is 4.37. The smallest absolute Gasteiger partial charge is 0.344 e. The van der Waals surface area contributed by atoms with E-state index in [1.807, 2.05) is 0 Å². The minimum Gasteiger partial charge on any atom is -0.452 e. The van der Waals surface area contributed by atoms with Gasteiger partial charge < -0.3 is 14.6 Å². The van der Waals surface area contributed by atoms with Crippen molar-refractivity contribution in [3.05, 3.63) is 40.6 Å². The summed E-state index contributed by atoms with van der Waals surface area (Å²) >= 11 is 6.20. The standard InChI is InChI=1S/C20H23ClN2O4/c1-12-7-3-6-10-16(12)22-17(24)11-26-20(25)18-13(2)27-23-19(18)14-8-4-5-9-15(14)21/h4-5,8-9,12,16H,3,6-7,10-11H2,1-2H3,(H,22,24)/t12-,16-/m0/s1. The molecule has 27 heavy (non-hydrogen) atoms. The highest BCUT2D eigenvalue weighted by molar-refractivity contribution is 6.33. The molecule has 1 amide bonds. The third-order valence-electron chi connectivity index (χ3n) is 4.99. The van der Waals surface area contributed by atoms with Crippen molar-refractivity contribution in [3.8, 4) is 11.3 Å². The van der Waals surface area contributed by atoms with Gasteiger partial charge in [0.05, 0.1) is 5.02 Å². The zero-order valence-electron chi connectivity index (χ0n) is 15.5. The van der Waals surface area contributed by atoms with Gasteiger partial charge in [-0.15, -0.1) is 0 Å². The fourth-order valence-electron chi connectivity index (χ4n) is 3.43. The molecule has 0 spiro atoms. The molecule has 0 unspecified atom stereocenters. The molecule has 1 fully saturated rings. The van der Waals surface area contributed by atoms with E-state index < -0.39 is 5.97 Å². The molecular formula is C20H23ClN2O4. The summed E-state index contributed by atoms with van der Waals surface area (Å²) < 4.78 is 10.4. The van der Waals surface area contributed by atoms with Gasteiger partial charge in [-0.1, -0.05) is 54.7 Å². The first-order valence-electron chi connectivity index (χ1n) is 9.15. The number of aromatic nitrogens is 1.